The summed E-state index contributed by atoms with van der Waals surface area (Å²) in [6.45, 7) is 3.06. The first kappa shape index (κ1) is 11.3. The van der Waals surface area contributed by atoms with Gasteiger partial charge < -0.3 is 14.6 Å². The molecule has 0 saturated heterocycles. The second-order valence-electron chi connectivity index (χ2n) is 2.26. The van der Waals surface area contributed by atoms with Crippen LogP contribution in [0.3, 0.4) is 0 Å². The molecule has 4 nitrogen and oxygen atoms in total. The summed E-state index contributed by atoms with van der Waals surface area (Å²) >= 11 is 1.00. The fourth-order valence-electron chi connectivity index (χ4n) is 0.583. The lowest BCUT2D eigenvalue weighted by Crippen LogP contribution is -2.33. The molecule has 0 rings (SSSR count). The summed E-state index contributed by atoms with van der Waals surface area (Å²) in [6.07, 6.45) is 0. The Bertz CT molecular complexity index is 180. The van der Waals surface area contributed by atoms with E-state index in [1.165, 1.54) is 14.0 Å². The maximum absolute atomic E-state index is 10.8. The Balaban J connectivity index is 3.91. The van der Waals surface area contributed by atoms with Crippen LogP contribution >= 0.6 is 11.8 Å². The molecule has 0 aromatic rings. The van der Waals surface area contributed by atoms with Crippen LogP contribution in [0.2, 0.25) is 0 Å². The van der Waals surface area contributed by atoms with Crippen molar-refractivity contribution in [3.63, 3.8) is 0 Å². The molecule has 0 amide bonds. The number of aliphatic carboxylic acids is 1. The Labute approximate surface area is 75.3 Å². The molecule has 0 aromatic heterocycles. The van der Waals surface area contributed by atoms with Crippen LogP contribution in [0.1, 0.15) is 13.8 Å². The van der Waals surface area contributed by atoms with E-state index in [1.54, 1.807) is 6.92 Å². The predicted octanol–water partition coefficient (Wildman–Crippen LogP) is -0.581. The van der Waals surface area contributed by atoms with Crippen molar-refractivity contribution in [1.82, 2.24) is 0 Å². The van der Waals surface area contributed by atoms with Gasteiger partial charge in [0.05, 0.1) is 13.1 Å². The molecular weight excluding hydrogens is 180 g/mol. The first-order valence-electron chi connectivity index (χ1n) is 3.43. The number of hydrogen-bond donors (Lipinski definition) is 0. The molecular formula is C7H11O4S-. The summed E-state index contributed by atoms with van der Waals surface area (Å²) in [5, 5.41) is 9.10. The highest BCUT2D eigenvalue weighted by molar-refractivity contribution is 8.01. The Morgan fingerprint density at radius 2 is 1.83 bits per heavy atom. The maximum atomic E-state index is 10.8. The SMILES string of the molecule is COC(=O)C(C)SC(C)C(=O)[O-]. The van der Waals surface area contributed by atoms with E-state index in [0.717, 1.165) is 11.8 Å². The number of carbonyl (C=O) groups excluding carboxylic acids is 2. The normalized spacial score (nSPS) is 14.9. The minimum Gasteiger partial charge on any atom is -0.549 e. The van der Waals surface area contributed by atoms with Gasteiger partial charge >= 0.3 is 5.97 Å². The lowest BCUT2D eigenvalue weighted by Gasteiger charge is -2.15. The molecule has 0 spiro atoms. The first-order chi connectivity index (χ1) is 5.49. The molecule has 0 saturated carbocycles. The van der Waals surface area contributed by atoms with Crippen LogP contribution in [-0.2, 0) is 14.3 Å². The molecule has 0 heterocycles. The van der Waals surface area contributed by atoms with E-state index in [9.17, 15) is 14.7 Å². The Hall–Kier alpha value is -0.710. The number of carboxylic acid groups (broad SMARTS) is 1. The van der Waals surface area contributed by atoms with Gasteiger partial charge in [-0.15, -0.1) is 11.8 Å². The summed E-state index contributed by atoms with van der Waals surface area (Å²) < 4.78 is 4.42. The van der Waals surface area contributed by atoms with Crippen LogP contribution in [-0.4, -0.2) is 29.5 Å². The van der Waals surface area contributed by atoms with Gasteiger partial charge in [-0.1, -0.05) is 0 Å². The number of carboxylic acids is 1. The standard InChI is InChI=1S/C7H12O4S/c1-4(6(8)9)12-5(2)7(10)11-3/h4-5H,1-3H3,(H,8,9)/p-1. The lowest BCUT2D eigenvalue weighted by atomic mass is 10.5. The Morgan fingerprint density at radius 3 is 2.17 bits per heavy atom. The number of rotatable bonds is 4. The zero-order valence-electron chi connectivity index (χ0n) is 7.20. The summed E-state index contributed by atoms with van der Waals surface area (Å²) in [5.41, 5.74) is 0. The van der Waals surface area contributed by atoms with E-state index in [2.05, 4.69) is 4.74 Å². The molecule has 0 radical (unpaired) electrons. The topological polar surface area (TPSA) is 66.4 Å². The Kier molecular flexibility index (Phi) is 4.73. The summed E-state index contributed by atoms with van der Waals surface area (Å²) in [5.74, 6) is -1.59. The summed E-state index contributed by atoms with van der Waals surface area (Å²) in [7, 11) is 1.27. The summed E-state index contributed by atoms with van der Waals surface area (Å²) in [6, 6.07) is 0. The summed E-state index contributed by atoms with van der Waals surface area (Å²) in [4.78, 5) is 21.1. The van der Waals surface area contributed by atoms with Gasteiger partial charge in [-0.3, -0.25) is 4.79 Å². The van der Waals surface area contributed by atoms with Gasteiger partial charge in [0, 0.05) is 5.25 Å². The molecule has 0 bridgehead atoms. The van der Waals surface area contributed by atoms with Gasteiger partial charge in [0.1, 0.15) is 5.25 Å². The van der Waals surface area contributed by atoms with E-state index in [4.69, 9.17) is 0 Å². The van der Waals surface area contributed by atoms with Gasteiger partial charge in [-0.2, -0.15) is 0 Å². The minimum atomic E-state index is -1.17. The van der Waals surface area contributed by atoms with Crippen LogP contribution < -0.4 is 5.11 Å². The van der Waals surface area contributed by atoms with E-state index >= 15 is 0 Å². The highest BCUT2D eigenvalue weighted by Crippen LogP contribution is 2.17. The third-order valence-electron chi connectivity index (χ3n) is 1.27. The van der Waals surface area contributed by atoms with Crippen LogP contribution in [0.25, 0.3) is 0 Å². The number of hydrogen-bond acceptors (Lipinski definition) is 5. The average molecular weight is 191 g/mol. The third kappa shape index (κ3) is 3.61. The zero-order chi connectivity index (χ0) is 9.72. The largest absolute Gasteiger partial charge is 0.549 e. The van der Waals surface area contributed by atoms with E-state index in [0.29, 0.717) is 0 Å². The Morgan fingerprint density at radius 1 is 1.33 bits per heavy atom. The molecule has 0 aliphatic carbocycles. The van der Waals surface area contributed by atoms with Gasteiger partial charge in [0.15, 0.2) is 0 Å². The van der Waals surface area contributed by atoms with Gasteiger partial charge in [-0.25, -0.2) is 0 Å². The van der Waals surface area contributed by atoms with E-state index < -0.39 is 22.4 Å². The highest BCUT2D eigenvalue weighted by Gasteiger charge is 2.17. The van der Waals surface area contributed by atoms with Crippen LogP contribution in [0.4, 0.5) is 0 Å². The molecule has 0 fully saturated rings. The van der Waals surface area contributed by atoms with Crippen LogP contribution in [0.5, 0.6) is 0 Å². The number of ether oxygens (including phenoxy) is 1. The number of methoxy groups -OCH3 is 1. The quantitative estimate of drug-likeness (QED) is 0.556. The van der Waals surface area contributed by atoms with Crippen LogP contribution in [0.15, 0.2) is 0 Å². The number of carbonyl (C=O) groups is 2. The van der Waals surface area contributed by atoms with Crippen molar-refractivity contribution in [2.75, 3.05) is 7.11 Å². The number of thioether (sulfide) groups is 1. The van der Waals surface area contributed by atoms with E-state index in [-0.39, 0.29) is 0 Å². The van der Waals surface area contributed by atoms with E-state index in [1.807, 2.05) is 0 Å². The number of esters is 1. The van der Waals surface area contributed by atoms with Crippen molar-refractivity contribution < 1.29 is 19.4 Å². The van der Waals surface area contributed by atoms with Gasteiger partial charge in [0.2, 0.25) is 0 Å². The molecule has 12 heavy (non-hydrogen) atoms. The molecule has 0 N–H and O–H groups in total. The van der Waals surface area contributed by atoms with Crippen molar-refractivity contribution in [2.24, 2.45) is 0 Å². The second-order valence-corrected chi connectivity index (χ2v) is 3.95. The fourth-order valence-corrected chi connectivity index (χ4v) is 1.51. The van der Waals surface area contributed by atoms with Gasteiger partial charge in [-0.05, 0) is 13.8 Å². The molecule has 0 aliphatic heterocycles. The molecule has 2 unspecified atom stereocenters. The van der Waals surface area contributed by atoms with Crippen molar-refractivity contribution in [3.05, 3.63) is 0 Å². The minimum absolute atomic E-state index is 0.423. The maximum Gasteiger partial charge on any atom is 0.318 e. The van der Waals surface area contributed by atoms with Crippen molar-refractivity contribution in [3.8, 4) is 0 Å². The van der Waals surface area contributed by atoms with Crippen molar-refractivity contribution in [2.45, 2.75) is 24.3 Å². The highest BCUT2D eigenvalue weighted by atomic mass is 32.2. The predicted molar refractivity (Wildman–Crippen MR) is 43.5 cm³/mol. The van der Waals surface area contributed by atoms with Crippen LogP contribution in [0, 0.1) is 0 Å². The second kappa shape index (κ2) is 5.03. The van der Waals surface area contributed by atoms with Gasteiger partial charge in [0.25, 0.3) is 0 Å². The molecule has 70 valence electrons. The monoisotopic (exact) mass is 191 g/mol. The molecule has 2 atom stereocenters. The smallest absolute Gasteiger partial charge is 0.318 e. The first-order valence-corrected chi connectivity index (χ1v) is 4.37. The molecule has 5 heteroatoms. The molecule has 0 aromatic carbocycles. The average Bonchev–Trinajstić information content (AvgIpc) is 2.02. The van der Waals surface area contributed by atoms with Crippen molar-refractivity contribution in [1.29, 1.82) is 0 Å². The zero-order valence-corrected chi connectivity index (χ0v) is 8.01. The fraction of sp³-hybridized carbons (Fsp3) is 0.714. The lowest BCUT2D eigenvalue weighted by molar-refractivity contribution is -0.304. The molecule has 0 aliphatic rings. The third-order valence-corrected chi connectivity index (χ3v) is 2.47. The van der Waals surface area contributed by atoms with Crippen molar-refractivity contribution >= 4 is 23.7 Å².